The summed E-state index contributed by atoms with van der Waals surface area (Å²) in [6.45, 7) is 0.00814. The second-order valence-corrected chi connectivity index (χ2v) is 4.79. The Hall–Kier alpha value is -2.15. The van der Waals surface area contributed by atoms with Crippen LogP contribution in [0.3, 0.4) is 0 Å². The van der Waals surface area contributed by atoms with Crippen LogP contribution in [-0.2, 0) is 9.53 Å². The standard InChI is InChI=1S/C13H15ClN2O5/c1-16-9(6-21-13(16)18)12(17)15-8-5-10(19-2)7(14)4-11(8)20-3/h4-5,9H,6H2,1-3H3,(H,15,17). The van der Waals surface area contributed by atoms with Gasteiger partial charge in [0.15, 0.2) is 0 Å². The Labute approximate surface area is 126 Å². The number of anilines is 1. The maximum absolute atomic E-state index is 12.2. The number of nitrogens with one attached hydrogen (secondary N) is 1. The van der Waals surface area contributed by atoms with Gasteiger partial charge in [0.25, 0.3) is 5.91 Å². The van der Waals surface area contributed by atoms with E-state index < -0.39 is 12.1 Å². The van der Waals surface area contributed by atoms with E-state index in [1.165, 1.54) is 32.2 Å². The summed E-state index contributed by atoms with van der Waals surface area (Å²) in [6.07, 6.45) is -0.532. The van der Waals surface area contributed by atoms with Crippen molar-refractivity contribution >= 4 is 29.3 Å². The van der Waals surface area contributed by atoms with E-state index in [0.29, 0.717) is 22.2 Å². The second-order valence-electron chi connectivity index (χ2n) is 4.38. The Morgan fingerprint density at radius 3 is 2.57 bits per heavy atom. The largest absolute Gasteiger partial charge is 0.495 e. The maximum atomic E-state index is 12.2. The van der Waals surface area contributed by atoms with E-state index in [2.05, 4.69) is 5.32 Å². The second kappa shape index (κ2) is 6.09. The van der Waals surface area contributed by atoms with Gasteiger partial charge in [0, 0.05) is 19.2 Å². The Bertz CT molecular complexity index is 578. The molecule has 1 N–H and O–H groups in total. The summed E-state index contributed by atoms with van der Waals surface area (Å²) < 4.78 is 15.1. The molecule has 1 aromatic rings. The Balaban J connectivity index is 2.22. The fourth-order valence-corrected chi connectivity index (χ4v) is 2.15. The molecule has 8 heteroatoms. The zero-order valence-corrected chi connectivity index (χ0v) is 12.6. The first kappa shape index (κ1) is 15.2. The van der Waals surface area contributed by atoms with Crippen LogP contribution in [0.5, 0.6) is 11.5 Å². The minimum Gasteiger partial charge on any atom is -0.495 e. The highest BCUT2D eigenvalue weighted by molar-refractivity contribution is 6.32. The van der Waals surface area contributed by atoms with Gasteiger partial charge < -0.3 is 19.5 Å². The summed E-state index contributed by atoms with van der Waals surface area (Å²) in [5.74, 6) is 0.410. The van der Waals surface area contributed by atoms with Crippen LogP contribution in [0.15, 0.2) is 12.1 Å². The highest BCUT2D eigenvalue weighted by atomic mass is 35.5. The molecule has 1 fully saturated rings. The smallest absolute Gasteiger partial charge is 0.410 e. The predicted octanol–water partition coefficient (Wildman–Crippen LogP) is 1.75. The quantitative estimate of drug-likeness (QED) is 0.916. The number of amides is 2. The summed E-state index contributed by atoms with van der Waals surface area (Å²) >= 11 is 6.00. The van der Waals surface area contributed by atoms with Crippen molar-refractivity contribution < 1.29 is 23.8 Å². The molecule has 2 rings (SSSR count). The lowest BCUT2D eigenvalue weighted by molar-refractivity contribution is -0.119. The molecule has 0 radical (unpaired) electrons. The van der Waals surface area contributed by atoms with E-state index in [1.807, 2.05) is 0 Å². The molecule has 1 aromatic carbocycles. The van der Waals surface area contributed by atoms with Gasteiger partial charge >= 0.3 is 6.09 Å². The number of benzene rings is 1. The Kier molecular flexibility index (Phi) is 4.42. The van der Waals surface area contributed by atoms with E-state index in [-0.39, 0.29) is 12.5 Å². The van der Waals surface area contributed by atoms with E-state index in [0.717, 1.165) is 0 Å². The molecule has 0 saturated carbocycles. The Morgan fingerprint density at radius 1 is 1.38 bits per heavy atom. The third kappa shape index (κ3) is 2.97. The molecule has 1 heterocycles. The van der Waals surface area contributed by atoms with Gasteiger partial charge in [-0.1, -0.05) is 11.6 Å². The summed E-state index contributed by atoms with van der Waals surface area (Å²) in [6, 6.07) is 2.40. The van der Waals surface area contributed by atoms with Gasteiger partial charge in [-0.05, 0) is 0 Å². The van der Waals surface area contributed by atoms with E-state index in [9.17, 15) is 9.59 Å². The van der Waals surface area contributed by atoms with E-state index in [1.54, 1.807) is 6.07 Å². The number of hydrogen-bond acceptors (Lipinski definition) is 5. The molecule has 114 valence electrons. The van der Waals surface area contributed by atoms with Crippen LogP contribution in [-0.4, -0.2) is 50.8 Å². The number of hydrogen-bond donors (Lipinski definition) is 1. The maximum Gasteiger partial charge on any atom is 0.410 e. The minimum atomic E-state index is -0.691. The number of rotatable bonds is 4. The lowest BCUT2D eigenvalue weighted by Crippen LogP contribution is -2.40. The van der Waals surface area contributed by atoms with Crippen molar-refractivity contribution in [2.75, 3.05) is 33.2 Å². The molecule has 1 atom stereocenters. The van der Waals surface area contributed by atoms with E-state index >= 15 is 0 Å². The summed E-state index contributed by atoms with van der Waals surface area (Å²) in [7, 11) is 4.43. The normalized spacial score (nSPS) is 17.4. The van der Waals surface area contributed by atoms with Crippen molar-refractivity contribution in [2.45, 2.75) is 6.04 Å². The number of carbonyl (C=O) groups is 2. The molecular formula is C13H15ClN2O5. The van der Waals surface area contributed by atoms with Gasteiger partial charge in [0.1, 0.15) is 24.1 Å². The monoisotopic (exact) mass is 314 g/mol. The molecule has 0 spiro atoms. The van der Waals surface area contributed by atoms with Crippen LogP contribution in [0.25, 0.3) is 0 Å². The van der Waals surface area contributed by atoms with Crippen LogP contribution < -0.4 is 14.8 Å². The van der Waals surface area contributed by atoms with Crippen molar-refractivity contribution in [3.63, 3.8) is 0 Å². The molecule has 2 amide bonds. The van der Waals surface area contributed by atoms with Crippen LogP contribution in [0.2, 0.25) is 5.02 Å². The number of carbonyl (C=O) groups excluding carboxylic acids is 2. The van der Waals surface area contributed by atoms with Gasteiger partial charge in [-0.2, -0.15) is 0 Å². The van der Waals surface area contributed by atoms with E-state index in [4.69, 9.17) is 25.8 Å². The lowest BCUT2D eigenvalue weighted by atomic mass is 10.2. The molecule has 7 nitrogen and oxygen atoms in total. The third-order valence-electron chi connectivity index (χ3n) is 3.15. The van der Waals surface area contributed by atoms with Crippen LogP contribution in [0.1, 0.15) is 0 Å². The first-order valence-corrected chi connectivity index (χ1v) is 6.47. The van der Waals surface area contributed by atoms with Crippen LogP contribution in [0.4, 0.5) is 10.5 Å². The zero-order chi connectivity index (χ0) is 15.6. The number of ether oxygens (including phenoxy) is 3. The summed E-state index contributed by atoms with van der Waals surface area (Å²) in [5.41, 5.74) is 0.400. The van der Waals surface area contributed by atoms with Crippen molar-refractivity contribution in [3.8, 4) is 11.5 Å². The minimum absolute atomic E-state index is 0.00814. The van der Waals surface area contributed by atoms with Gasteiger partial charge in [0.2, 0.25) is 0 Å². The van der Waals surface area contributed by atoms with Gasteiger partial charge in [-0.3, -0.25) is 9.69 Å². The summed E-state index contributed by atoms with van der Waals surface area (Å²) in [5, 5.41) is 3.04. The van der Waals surface area contributed by atoms with Gasteiger partial charge in [-0.15, -0.1) is 0 Å². The molecule has 1 aliphatic heterocycles. The zero-order valence-electron chi connectivity index (χ0n) is 11.8. The van der Waals surface area contributed by atoms with Crippen molar-refractivity contribution in [1.29, 1.82) is 0 Å². The van der Waals surface area contributed by atoms with Crippen LogP contribution in [0, 0.1) is 0 Å². The molecule has 1 unspecified atom stereocenters. The molecule has 1 aliphatic rings. The molecule has 0 aromatic heterocycles. The lowest BCUT2D eigenvalue weighted by Gasteiger charge is -2.18. The predicted molar refractivity (Wildman–Crippen MR) is 76.1 cm³/mol. The fraction of sp³-hybridized carbons (Fsp3) is 0.385. The SMILES string of the molecule is COc1cc(NC(=O)C2COC(=O)N2C)c(OC)cc1Cl. The number of likely N-dealkylation sites (N-methyl/N-ethyl adjacent to an activating group) is 1. The molecule has 0 aliphatic carbocycles. The van der Waals surface area contributed by atoms with Gasteiger partial charge in [0.05, 0.1) is 24.9 Å². The Morgan fingerprint density at radius 2 is 2.05 bits per heavy atom. The van der Waals surface area contributed by atoms with Crippen molar-refractivity contribution in [2.24, 2.45) is 0 Å². The first-order valence-electron chi connectivity index (χ1n) is 6.10. The molecular weight excluding hydrogens is 300 g/mol. The summed E-state index contributed by atoms with van der Waals surface area (Å²) in [4.78, 5) is 24.7. The number of halogens is 1. The van der Waals surface area contributed by atoms with Crippen LogP contribution >= 0.6 is 11.6 Å². The topological polar surface area (TPSA) is 77.1 Å². The highest BCUT2D eigenvalue weighted by Crippen LogP contribution is 2.36. The first-order chi connectivity index (χ1) is 9.97. The fourth-order valence-electron chi connectivity index (χ4n) is 1.92. The molecule has 21 heavy (non-hydrogen) atoms. The average Bonchev–Trinajstić information content (AvgIpc) is 2.80. The highest BCUT2D eigenvalue weighted by Gasteiger charge is 2.35. The van der Waals surface area contributed by atoms with Gasteiger partial charge in [-0.25, -0.2) is 4.79 Å². The average molecular weight is 315 g/mol. The molecule has 1 saturated heterocycles. The number of methoxy groups -OCH3 is 2. The third-order valence-corrected chi connectivity index (χ3v) is 3.45. The van der Waals surface area contributed by atoms with Crippen molar-refractivity contribution in [1.82, 2.24) is 4.90 Å². The number of nitrogens with zero attached hydrogens (tertiary/aromatic N) is 1. The molecule has 0 bridgehead atoms. The number of cyclic esters (lactones) is 1. The van der Waals surface area contributed by atoms with Crippen molar-refractivity contribution in [3.05, 3.63) is 17.2 Å².